The first-order chi connectivity index (χ1) is 7.97. The average molecular weight is 242 g/mol. The van der Waals surface area contributed by atoms with E-state index in [0.717, 1.165) is 18.4 Å². The van der Waals surface area contributed by atoms with Gasteiger partial charge in [0.25, 0.3) is 0 Å². The molecular formula is C14H17F3. The van der Waals surface area contributed by atoms with Crippen LogP contribution in [0.5, 0.6) is 0 Å². The Hall–Kier alpha value is -0.990. The van der Waals surface area contributed by atoms with Crippen LogP contribution in [0, 0.1) is 5.92 Å². The summed E-state index contributed by atoms with van der Waals surface area (Å²) in [5, 5.41) is 0. The van der Waals surface area contributed by atoms with E-state index in [0.29, 0.717) is 11.8 Å². The fraction of sp³-hybridized carbons (Fsp3) is 0.571. The normalized spacial score (nSPS) is 25.9. The maximum atomic E-state index is 12.4. The number of halogens is 3. The van der Waals surface area contributed by atoms with Crippen molar-refractivity contribution in [2.24, 2.45) is 5.92 Å². The lowest BCUT2D eigenvalue weighted by molar-refractivity contribution is -0.137. The lowest BCUT2D eigenvalue weighted by Crippen LogP contribution is -2.12. The molecule has 17 heavy (non-hydrogen) atoms. The third kappa shape index (κ3) is 3.02. The van der Waals surface area contributed by atoms with E-state index >= 15 is 0 Å². The summed E-state index contributed by atoms with van der Waals surface area (Å²) in [4.78, 5) is 0. The molecular weight excluding hydrogens is 225 g/mol. The van der Waals surface area contributed by atoms with Crippen LogP contribution in [0.15, 0.2) is 24.3 Å². The summed E-state index contributed by atoms with van der Waals surface area (Å²) in [6.45, 7) is 2.22. The van der Waals surface area contributed by atoms with Gasteiger partial charge in [-0.1, -0.05) is 31.9 Å². The van der Waals surface area contributed by atoms with Crippen molar-refractivity contribution in [1.82, 2.24) is 0 Å². The van der Waals surface area contributed by atoms with E-state index in [1.807, 2.05) is 0 Å². The van der Waals surface area contributed by atoms with Crippen LogP contribution < -0.4 is 0 Å². The quantitative estimate of drug-likeness (QED) is 0.650. The second kappa shape index (κ2) is 4.71. The Labute approximate surface area is 99.8 Å². The number of benzene rings is 1. The van der Waals surface area contributed by atoms with Crippen molar-refractivity contribution in [3.63, 3.8) is 0 Å². The smallest absolute Gasteiger partial charge is 0.166 e. The molecule has 1 aliphatic carbocycles. The summed E-state index contributed by atoms with van der Waals surface area (Å²) in [5.74, 6) is 1.14. The first-order valence-electron chi connectivity index (χ1n) is 6.14. The van der Waals surface area contributed by atoms with E-state index in [-0.39, 0.29) is 0 Å². The summed E-state index contributed by atoms with van der Waals surface area (Å²) in [6, 6.07) is 5.69. The van der Waals surface area contributed by atoms with Crippen molar-refractivity contribution in [3.05, 3.63) is 35.4 Å². The predicted octanol–water partition coefficient (Wildman–Crippen LogP) is 5.00. The highest BCUT2D eigenvalue weighted by Gasteiger charge is 2.30. The molecule has 0 unspecified atom stereocenters. The molecule has 1 aromatic rings. The topological polar surface area (TPSA) is 0 Å². The Morgan fingerprint density at radius 2 is 1.71 bits per heavy atom. The highest BCUT2D eigenvalue weighted by atomic mass is 19.4. The first-order valence-corrected chi connectivity index (χ1v) is 6.14. The van der Waals surface area contributed by atoms with Crippen LogP contribution in [0.2, 0.25) is 0 Å². The van der Waals surface area contributed by atoms with E-state index in [1.54, 1.807) is 12.1 Å². The Bertz CT molecular complexity index is 364. The molecule has 0 nitrogen and oxygen atoms in total. The third-order valence-electron chi connectivity index (χ3n) is 3.65. The molecule has 0 bridgehead atoms. The third-order valence-corrected chi connectivity index (χ3v) is 3.65. The van der Waals surface area contributed by atoms with Crippen molar-refractivity contribution >= 4 is 0 Å². The van der Waals surface area contributed by atoms with Crippen LogP contribution in [0.3, 0.4) is 0 Å². The first kappa shape index (κ1) is 12.5. The van der Waals surface area contributed by atoms with Crippen molar-refractivity contribution in [3.8, 4) is 0 Å². The molecule has 1 aliphatic rings. The summed E-state index contributed by atoms with van der Waals surface area (Å²) in [6.07, 6.45) is 0.420. The number of rotatable bonds is 1. The van der Waals surface area contributed by atoms with Crippen molar-refractivity contribution in [2.75, 3.05) is 0 Å². The molecule has 1 fully saturated rings. The summed E-state index contributed by atoms with van der Waals surface area (Å²) >= 11 is 0. The van der Waals surface area contributed by atoms with Crippen LogP contribution >= 0.6 is 0 Å². The Kier molecular flexibility index (Phi) is 3.45. The second-order valence-corrected chi connectivity index (χ2v) is 5.09. The standard InChI is InChI=1S/C14H17F3/c1-10-3-2-4-12(9-10)11-5-7-13(8-6-11)14(15,16)17/h5-8,10,12H,2-4,9H2,1H3/t10-,12+/m1/s1. The minimum absolute atomic E-state index is 0.445. The molecule has 0 spiro atoms. The van der Waals surface area contributed by atoms with Gasteiger partial charge in [-0.05, 0) is 42.4 Å². The maximum absolute atomic E-state index is 12.4. The molecule has 2 rings (SSSR count). The zero-order valence-corrected chi connectivity index (χ0v) is 9.93. The van der Waals surface area contributed by atoms with E-state index in [1.165, 1.54) is 25.0 Å². The molecule has 94 valence electrons. The van der Waals surface area contributed by atoms with Gasteiger partial charge in [0.15, 0.2) is 0 Å². The summed E-state index contributed by atoms with van der Waals surface area (Å²) in [7, 11) is 0. The molecule has 0 amide bonds. The van der Waals surface area contributed by atoms with E-state index in [4.69, 9.17) is 0 Å². The SMILES string of the molecule is C[C@@H]1CCC[C@H](c2ccc(C(F)(F)F)cc2)C1. The lowest BCUT2D eigenvalue weighted by Gasteiger charge is -2.27. The molecule has 1 saturated carbocycles. The minimum Gasteiger partial charge on any atom is -0.166 e. The van der Waals surface area contributed by atoms with Gasteiger partial charge in [0.2, 0.25) is 0 Å². The van der Waals surface area contributed by atoms with Crippen LogP contribution in [-0.2, 0) is 6.18 Å². The van der Waals surface area contributed by atoms with Gasteiger partial charge < -0.3 is 0 Å². The highest BCUT2D eigenvalue weighted by molar-refractivity contribution is 5.27. The Morgan fingerprint density at radius 1 is 1.06 bits per heavy atom. The lowest BCUT2D eigenvalue weighted by atomic mass is 9.79. The molecule has 0 radical (unpaired) electrons. The Morgan fingerprint density at radius 3 is 2.24 bits per heavy atom. The van der Waals surface area contributed by atoms with Crippen molar-refractivity contribution in [2.45, 2.75) is 44.7 Å². The van der Waals surface area contributed by atoms with Gasteiger partial charge in [-0.2, -0.15) is 13.2 Å². The fourth-order valence-electron chi connectivity index (χ4n) is 2.68. The van der Waals surface area contributed by atoms with Crippen molar-refractivity contribution < 1.29 is 13.2 Å². The monoisotopic (exact) mass is 242 g/mol. The van der Waals surface area contributed by atoms with Crippen LogP contribution in [-0.4, -0.2) is 0 Å². The van der Waals surface area contributed by atoms with Gasteiger partial charge in [-0.15, -0.1) is 0 Å². The van der Waals surface area contributed by atoms with Gasteiger partial charge in [-0.25, -0.2) is 0 Å². The van der Waals surface area contributed by atoms with Gasteiger partial charge in [0.05, 0.1) is 5.56 Å². The molecule has 0 saturated heterocycles. The minimum atomic E-state index is -4.22. The van der Waals surface area contributed by atoms with E-state index in [9.17, 15) is 13.2 Å². The molecule has 0 aromatic heterocycles. The fourth-order valence-corrected chi connectivity index (χ4v) is 2.68. The second-order valence-electron chi connectivity index (χ2n) is 5.09. The predicted molar refractivity (Wildman–Crippen MR) is 61.8 cm³/mol. The summed E-state index contributed by atoms with van der Waals surface area (Å²) in [5.41, 5.74) is 0.509. The molecule has 0 heterocycles. The largest absolute Gasteiger partial charge is 0.416 e. The molecule has 2 atom stereocenters. The zero-order chi connectivity index (χ0) is 12.5. The number of alkyl halides is 3. The van der Waals surface area contributed by atoms with Gasteiger partial charge in [0.1, 0.15) is 0 Å². The molecule has 0 N–H and O–H groups in total. The van der Waals surface area contributed by atoms with Gasteiger partial charge in [-0.3, -0.25) is 0 Å². The molecule has 3 heteroatoms. The number of hydrogen-bond acceptors (Lipinski definition) is 0. The van der Waals surface area contributed by atoms with Crippen LogP contribution in [0.4, 0.5) is 13.2 Å². The van der Waals surface area contributed by atoms with Crippen molar-refractivity contribution in [1.29, 1.82) is 0 Å². The van der Waals surface area contributed by atoms with Gasteiger partial charge >= 0.3 is 6.18 Å². The molecule has 0 aliphatic heterocycles. The number of hydrogen-bond donors (Lipinski definition) is 0. The summed E-state index contributed by atoms with van der Waals surface area (Å²) < 4.78 is 37.3. The Balaban J connectivity index is 2.12. The molecule has 1 aromatic carbocycles. The van der Waals surface area contributed by atoms with Crippen LogP contribution in [0.1, 0.15) is 49.7 Å². The van der Waals surface area contributed by atoms with Gasteiger partial charge in [0, 0.05) is 0 Å². The highest BCUT2D eigenvalue weighted by Crippen LogP contribution is 2.37. The zero-order valence-electron chi connectivity index (χ0n) is 9.93. The average Bonchev–Trinajstić information content (AvgIpc) is 2.28. The maximum Gasteiger partial charge on any atom is 0.416 e. The van der Waals surface area contributed by atoms with E-state index < -0.39 is 11.7 Å². The van der Waals surface area contributed by atoms with E-state index in [2.05, 4.69) is 6.92 Å². The van der Waals surface area contributed by atoms with Crippen LogP contribution in [0.25, 0.3) is 0 Å².